The van der Waals surface area contributed by atoms with Crippen LogP contribution in [-0.2, 0) is 14.8 Å². The van der Waals surface area contributed by atoms with Crippen LogP contribution in [0.3, 0.4) is 0 Å². The summed E-state index contributed by atoms with van der Waals surface area (Å²) in [5.41, 5.74) is 0.590. The first-order valence-electron chi connectivity index (χ1n) is 7.74. The number of ketones is 1. The van der Waals surface area contributed by atoms with Crippen molar-refractivity contribution in [2.24, 2.45) is 0 Å². The molecular formula is C16H18N4O4S. The lowest BCUT2D eigenvalue weighted by molar-refractivity contribution is 0.101. The van der Waals surface area contributed by atoms with Crippen molar-refractivity contribution in [3.63, 3.8) is 0 Å². The number of hydrogen-bond donors (Lipinski definition) is 1. The molecule has 0 amide bonds. The highest BCUT2D eigenvalue weighted by atomic mass is 32.2. The second kappa shape index (κ2) is 7.16. The second-order valence-electron chi connectivity index (χ2n) is 5.56. The largest absolute Gasteiger partial charge is 0.378 e. The van der Waals surface area contributed by atoms with Gasteiger partial charge in [-0.1, -0.05) is 12.1 Å². The molecule has 0 unspecified atom stereocenters. The summed E-state index contributed by atoms with van der Waals surface area (Å²) in [4.78, 5) is 21.8. The number of morpholine rings is 1. The fourth-order valence-electron chi connectivity index (χ4n) is 2.40. The number of nitrogens with one attached hydrogen (secondary N) is 1. The van der Waals surface area contributed by atoms with Gasteiger partial charge in [0.05, 0.1) is 36.2 Å². The number of anilines is 2. The molecule has 1 aliphatic rings. The molecule has 1 fully saturated rings. The molecule has 1 saturated heterocycles. The van der Waals surface area contributed by atoms with Gasteiger partial charge in [-0.3, -0.25) is 9.52 Å². The number of ether oxygens (including phenoxy) is 1. The lowest BCUT2D eigenvalue weighted by Crippen LogP contribution is -2.37. The van der Waals surface area contributed by atoms with Crippen LogP contribution in [0.1, 0.15) is 17.3 Å². The third-order valence-corrected chi connectivity index (χ3v) is 5.11. The minimum atomic E-state index is -3.82. The maximum absolute atomic E-state index is 12.5. The number of carbonyl (C=O) groups is 1. The van der Waals surface area contributed by atoms with Crippen LogP contribution in [0.2, 0.25) is 0 Å². The third kappa shape index (κ3) is 4.12. The van der Waals surface area contributed by atoms with Gasteiger partial charge in [-0.2, -0.15) is 0 Å². The summed E-state index contributed by atoms with van der Waals surface area (Å²) >= 11 is 0. The van der Waals surface area contributed by atoms with Crippen LogP contribution in [0.4, 0.5) is 11.6 Å². The zero-order chi connectivity index (χ0) is 17.9. The topological polar surface area (TPSA) is 101 Å². The van der Waals surface area contributed by atoms with E-state index in [4.69, 9.17) is 4.74 Å². The van der Waals surface area contributed by atoms with Crippen LogP contribution in [0, 0.1) is 0 Å². The van der Waals surface area contributed by atoms with Crippen molar-refractivity contribution >= 4 is 27.4 Å². The Kier molecular flexibility index (Phi) is 4.95. The molecule has 25 heavy (non-hydrogen) atoms. The van der Waals surface area contributed by atoms with Gasteiger partial charge in [-0.15, -0.1) is 0 Å². The van der Waals surface area contributed by atoms with Gasteiger partial charge in [0.15, 0.2) is 5.78 Å². The van der Waals surface area contributed by atoms with Crippen LogP contribution < -0.4 is 9.62 Å². The standard InChI is InChI=1S/C16H18N4O4S/c1-12(21)13-3-2-4-15(9-13)25(22,23)19-14-10-17-16(18-11-14)20-5-7-24-8-6-20/h2-4,9-11,19H,5-8H2,1H3. The van der Waals surface area contributed by atoms with E-state index < -0.39 is 10.0 Å². The van der Waals surface area contributed by atoms with E-state index in [1.54, 1.807) is 6.07 Å². The number of sulfonamides is 1. The van der Waals surface area contributed by atoms with Gasteiger partial charge in [0.2, 0.25) is 5.95 Å². The molecule has 1 aromatic carbocycles. The Morgan fingerprint density at radius 3 is 2.52 bits per heavy atom. The summed E-state index contributed by atoms with van der Waals surface area (Å²) in [5, 5.41) is 0. The van der Waals surface area contributed by atoms with Crippen molar-refractivity contribution in [1.82, 2.24) is 9.97 Å². The van der Waals surface area contributed by atoms with Crippen molar-refractivity contribution in [2.45, 2.75) is 11.8 Å². The van der Waals surface area contributed by atoms with E-state index in [9.17, 15) is 13.2 Å². The number of aromatic nitrogens is 2. The summed E-state index contributed by atoms with van der Waals surface area (Å²) in [5.74, 6) is 0.333. The highest BCUT2D eigenvalue weighted by molar-refractivity contribution is 7.92. The molecule has 1 N–H and O–H groups in total. The highest BCUT2D eigenvalue weighted by Crippen LogP contribution is 2.18. The molecule has 2 aromatic rings. The van der Waals surface area contributed by atoms with Gasteiger partial charge in [0.1, 0.15) is 0 Å². The summed E-state index contributed by atoms with van der Waals surface area (Å²) in [6, 6.07) is 5.87. The first-order valence-corrected chi connectivity index (χ1v) is 9.22. The monoisotopic (exact) mass is 362 g/mol. The fraction of sp³-hybridized carbons (Fsp3) is 0.312. The lowest BCUT2D eigenvalue weighted by atomic mass is 10.2. The van der Waals surface area contributed by atoms with E-state index in [1.807, 2.05) is 4.90 Å². The van der Waals surface area contributed by atoms with Crippen LogP contribution in [-0.4, -0.2) is 50.5 Å². The molecule has 3 rings (SSSR count). The van der Waals surface area contributed by atoms with E-state index in [1.165, 1.54) is 37.5 Å². The highest BCUT2D eigenvalue weighted by Gasteiger charge is 2.17. The summed E-state index contributed by atoms with van der Waals surface area (Å²) in [6.45, 7) is 4.01. The summed E-state index contributed by atoms with van der Waals surface area (Å²) < 4.78 is 32.6. The minimum absolute atomic E-state index is 0.0115. The van der Waals surface area contributed by atoms with Crippen molar-refractivity contribution in [3.8, 4) is 0 Å². The van der Waals surface area contributed by atoms with Gasteiger partial charge in [-0.05, 0) is 19.1 Å². The van der Waals surface area contributed by atoms with E-state index in [0.29, 0.717) is 37.8 Å². The molecule has 0 bridgehead atoms. The first kappa shape index (κ1) is 17.3. The number of rotatable bonds is 5. The maximum Gasteiger partial charge on any atom is 0.262 e. The molecule has 9 heteroatoms. The number of benzene rings is 1. The third-order valence-electron chi connectivity index (χ3n) is 3.74. The molecule has 1 aliphatic heterocycles. The molecule has 0 radical (unpaired) electrons. The zero-order valence-electron chi connectivity index (χ0n) is 13.7. The van der Waals surface area contributed by atoms with Gasteiger partial charge in [-0.25, -0.2) is 18.4 Å². The van der Waals surface area contributed by atoms with E-state index in [2.05, 4.69) is 14.7 Å². The van der Waals surface area contributed by atoms with Crippen LogP contribution >= 0.6 is 0 Å². The smallest absolute Gasteiger partial charge is 0.262 e. The quantitative estimate of drug-likeness (QED) is 0.800. The molecule has 132 valence electrons. The Morgan fingerprint density at radius 2 is 1.88 bits per heavy atom. The van der Waals surface area contributed by atoms with Gasteiger partial charge in [0, 0.05) is 18.7 Å². The van der Waals surface area contributed by atoms with Gasteiger partial charge >= 0.3 is 0 Å². The fourth-order valence-corrected chi connectivity index (χ4v) is 3.47. The molecule has 8 nitrogen and oxygen atoms in total. The normalized spacial score (nSPS) is 15.0. The predicted octanol–water partition coefficient (Wildman–Crippen LogP) is 1.32. The summed E-state index contributed by atoms with van der Waals surface area (Å²) in [7, 11) is -3.82. The zero-order valence-corrected chi connectivity index (χ0v) is 14.5. The maximum atomic E-state index is 12.5. The second-order valence-corrected chi connectivity index (χ2v) is 7.24. The molecule has 0 aliphatic carbocycles. The number of Topliss-reactive ketones (excluding diaryl/α,β-unsaturated/α-hetero) is 1. The van der Waals surface area contributed by atoms with Gasteiger partial charge in [0.25, 0.3) is 10.0 Å². The van der Waals surface area contributed by atoms with Crippen molar-refractivity contribution < 1.29 is 17.9 Å². The Morgan fingerprint density at radius 1 is 1.20 bits per heavy atom. The van der Waals surface area contributed by atoms with E-state index in [-0.39, 0.29) is 16.4 Å². The summed E-state index contributed by atoms with van der Waals surface area (Å²) in [6.07, 6.45) is 2.84. The lowest BCUT2D eigenvalue weighted by Gasteiger charge is -2.26. The van der Waals surface area contributed by atoms with Crippen molar-refractivity contribution in [3.05, 3.63) is 42.2 Å². The Balaban J connectivity index is 1.76. The average Bonchev–Trinajstić information content (AvgIpc) is 2.63. The average molecular weight is 362 g/mol. The molecule has 0 atom stereocenters. The number of nitrogens with zero attached hydrogens (tertiary/aromatic N) is 3. The van der Waals surface area contributed by atoms with E-state index >= 15 is 0 Å². The van der Waals surface area contributed by atoms with Crippen LogP contribution in [0.25, 0.3) is 0 Å². The van der Waals surface area contributed by atoms with Crippen LogP contribution in [0.5, 0.6) is 0 Å². The first-order chi connectivity index (χ1) is 12.0. The van der Waals surface area contributed by atoms with Crippen molar-refractivity contribution in [2.75, 3.05) is 35.9 Å². The number of hydrogen-bond acceptors (Lipinski definition) is 7. The Bertz CT molecular complexity index is 862. The minimum Gasteiger partial charge on any atom is -0.378 e. The number of carbonyl (C=O) groups excluding carboxylic acids is 1. The SMILES string of the molecule is CC(=O)c1cccc(S(=O)(=O)Nc2cnc(N3CCOCC3)nc2)c1. The van der Waals surface area contributed by atoms with E-state index in [0.717, 1.165) is 0 Å². The van der Waals surface area contributed by atoms with Crippen molar-refractivity contribution in [1.29, 1.82) is 0 Å². The molecule has 2 heterocycles. The Hall–Kier alpha value is -2.52. The molecule has 0 saturated carbocycles. The molecule has 0 spiro atoms. The predicted molar refractivity (Wildman–Crippen MR) is 92.3 cm³/mol. The molecular weight excluding hydrogens is 344 g/mol. The molecule has 1 aromatic heterocycles. The van der Waals surface area contributed by atoms with Gasteiger partial charge < -0.3 is 9.64 Å². The Labute approximate surface area is 145 Å². The van der Waals surface area contributed by atoms with Crippen LogP contribution in [0.15, 0.2) is 41.6 Å².